The molecule has 1 aromatic carbocycles. The van der Waals surface area contributed by atoms with E-state index >= 15 is 0 Å². The Morgan fingerprint density at radius 1 is 0.694 bits per heavy atom. The summed E-state index contributed by atoms with van der Waals surface area (Å²) in [6.07, 6.45) is 1.23. The second-order valence-electron chi connectivity index (χ2n) is 19.2. The minimum Gasteiger partial charge on any atom is -0.444 e. The second-order valence-corrected chi connectivity index (χ2v) is 19.2. The van der Waals surface area contributed by atoms with Crippen molar-refractivity contribution in [1.82, 2.24) is 57.5 Å². The van der Waals surface area contributed by atoms with Crippen molar-refractivity contribution in [3.8, 4) is 0 Å². The molecule has 0 aliphatic rings. The summed E-state index contributed by atoms with van der Waals surface area (Å²) in [5.74, 6) is -8.07. The summed E-state index contributed by atoms with van der Waals surface area (Å²) < 4.78 is 5.21. The number of amides is 10. The maximum atomic E-state index is 14.2. The molecule has 0 saturated carbocycles. The predicted molar refractivity (Wildman–Crippen MR) is 261 cm³/mol. The number of aliphatic hydroxyl groups is 1. The van der Waals surface area contributed by atoms with Gasteiger partial charge in [0.2, 0.25) is 53.2 Å². The minimum absolute atomic E-state index is 0.00538. The Balaban J connectivity index is 1.78. The van der Waals surface area contributed by atoms with Crippen LogP contribution in [-0.4, -0.2) is 140 Å². The van der Waals surface area contributed by atoms with Gasteiger partial charge in [0.15, 0.2) is 0 Å². The number of fused-ring (bicyclic) bond motifs is 1. The number of nitrogens with one attached hydrogen (secondary N) is 10. The summed E-state index contributed by atoms with van der Waals surface area (Å²) in [4.78, 5) is 142. The van der Waals surface area contributed by atoms with Gasteiger partial charge in [-0.15, -0.1) is 0 Å². The number of alkyl carbamates (subject to hydrolysis) is 1. The summed E-state index contributed by atoms with van der Waals surface area (Å²) in [5.41, 5.74) is 11.7. The summed E-state index contributed by atoms with van der Waals surface area (Å²) in [5, 5.41) is 31.1. The van der Waals surface area contributed by atoms with Gasteiger partial charge >= 0.3 is 6.09 Å². The molecular formula is C47H71N13O12. The lowest BCUT2D eigenvalue weighted by molar-refractivity contribution is -0.135. The maximum absolute atomic E-state index is 14.2. The van der Waals surface area contributed by atoms with Gasteiger partial charge < -0.3 is 73.8 Å². The lowest BCUT2D eigenvalue weighted by Gasteiger charge is -2.28. The third kappa shape index (κ3) is 19.3. The number of hydrogen-bond donors (Lipinski definition) is 13. The van der Waals surface area contributed by atoms with Gasteiger partial charge in [-0.1, -0.05) is 45.9 Å². The van der Waals surface area contributed by atoms with Gasteiger partial charge in [0.1, 0.15) is 47.9 Å². The van der Waals surface area contributed by atoms with Gasteiger partial charge in [0.05, 0.1) is 19.0 Å². The quantitative estimate of drug-likeness (QED) is 0.0412. The second kappa shape index (κ2) is 27.1. The molecule has 15 N–H and O–H groups in total. The zero-order chi connectivity index (χ0) is 54.0. The molecule has 0 unspecified atom stereocenters. The van der Waals surface area contributed by atoms with Gasteiger partial charge in [-0.25, -0.2) is 9.78 Å². The number of H-pyrrole nitrogens is 2. The van der Waals surface area contributed by atoms with Crippen molar-refractivity contribution >= 4 is 70.2 Å². The summed E-state index contributed by atoms with van der Waals surface area (Å²) in [6.45, 7) is 13.6. The Bertz CT molecular complexity index is 2380. The molecule has 8 atom stereocenters. The topological polar surface area (TPSA) is 393 Å². The number of rotatable bonds is 27. The zero-order valence-corrected chi connectivity index (χ0v) is 42.1. The molecule has 0 bridgehead atoms. The van der Waals surface area contributed by atoms with Crippen LogP contribution in [0, 0.1) is 11.8 Å². The molecule has 25 nitrogen and oxygen atoms in total. The number of aromatic nitrogens is 3. The zero-order valence-electron chi connectivity index (χ0n) is 42.1. The van der Waals surface area contributed by atoms with Crippen LogP contribution in [0.5, 0.6) is 0 Å². The van der Waals surface area contributed by atoms with Crippen LogP contribution < -0.4 is 54.0 Å². The highest BCUT2D eigenvalue weighted by Crippen LogP contribution is 2.20. The highest BCUT2D eigenvalue weighted by molar-refractivity contribution is 5.98. The average molecular weight is 1010 g/mol. The standard InChI is InChI=1S/C47H71N13O12/c1-23(2)16-32(39(49)64)57-43(68)34(18-28-20-50-22-53-28)55-36(63)21-52-44(69)37(24(3)4)59-40(65)25(5)54-42(67)33(17-27-19-51-30-13-11-10-12-29(27)30)58-41(66)31(14-15-35(48)62)56-45(70)38(26(6)61)60-46(71)72-47(7,8)9/h10-13,19-20,22-26,31-34,37-38,51,61H,14-18,21H2,1-9H3,(H2,48,62)(H2,49,64)(H,50,53)(H,52,69)(H,54,67)(H,55,63)(H,56,70)(H,57,68)(H,58,66)(H,59,65)(H,60,71)/t25-,26+,31-,32-,33-,34-,37-,38-/m0/s1. The number of primary amides is 2. The third-order valence-electron chi connectivity index (χ3n) is 10.9. The van der Waals surface area contributed by atoms with E-state index in [2.05, 4.69) is 57.5 Å². The number of para-hydroxylation sites is 1. The van der Waals surface area contributed by atoms with Crippen molar-refractivity contribution in [3.63, 3.8) is 0 Å². The predicted octanol–water partition coefficient (Wildman–Crippen LogP) is -1.55. The van der Waals surface area contributed by atoms with E-state index in [1.807, 2.05) is 13.8 Å². The van der Waals surface area contributed by atoms with E-state index in [-0.39, 0.29) is 31.6 Å². The normalized spacial score (nSPS) is 14.8. The van der Waals surface area contributed by atoms with Crippen LogP contribution in [-0.2, 0) is 60.7 Å². The number of carbonyl (C=O) groups is 10. The first-order valence-corrected chi connectivity index (χ1v) is 23.5. The van der Waals surface area contributed by atoms with Crippen molar-refractivity contribution in [1.29, 1.82) is 0 Å². The van der Waals surface area contributed by atoms with E-state index in [0.717, 1.165) is 0 Å². The fraction of sp³-hybridized carbons (Fsp3) is 0.553. The highest BCUT2D eigenvalue weighted by Gasteiger charge is 2.35. The molecule has 72 heavy (non-hydrogen) atoms. The fourth-order valence-electron chi connectivity index (χ4n) is 7.19. The van der Waals surface area contributed by atoms with E-state index in [0.29, 0.717) is 22.2 Å². The number of ether oxygens (including phenoxy) is 1. The van der Waals surface area contributed by atoms with Crippen LogP contribution in [0.4, 0.5) is 4.79 Å². The summed E-state index contributed by atoms with van der Waals surface area (Å²) in [6, 6.07) is -2.27. The molecule has 0 spiro atoms. The first kappa shape index (κ1) is 58.7. The maximum Gasteiger partial charge on any atom is 0.408 e. The van der Waals surface area contributed by atoms with Gasteiger partial charge in [-0.2, -0.15) is 0 Å². The monoisotopic (exact) mass is 1010 g/mol. The summed E-state index contributed by atoms with van der Waals surface area (Å²) in [7, 11) is 0. The lowest BCUT2D eigenvalue weighted by Crippen LogP contribution is -2.60. The van der Waals surface area contributed by atoms with E-state index in [4.69, 9.17) is 16.2 Å². The SMILES string of the molecule is CC(C)C[C@H](NC(=O)[C@H](Cc1cnc[nH]1)NC(=O)CNC(=O)[C@@H](NC(=O)[C@H](C)NC(=O)[C@H](Cc1c[nH]c2ccccc12)NC(=O)[C@H](CCC(N)=O)NC(=O)[C@@H](NC(=O)OC(C)(C)C)[C@@H](C)O)C(C)C)C(N)=O. The van der Waals surface area contributed by atoms with Crippen LogP contribution in [0.1, 0.15) is 92.8 Å². The van der Waals surface area contributed by atoms with E-state index in [9.17, 15) is 53.1 Å². The molecule has 10 amide bonds. The van der Waals surface area contributed by atoms with E-state index < -0.39 is 132 Å². The number of aromatic amines is 2. The Hall–Kier alpha value is -7.57. The van der Waals surface area contributed by atoms with Crippen molar-refractivity contribution < 1.29 is 57.8 Å². The molecule has 25 heteroatoms. The Labute approximate surface area is 417 Å². The number of aliphatic hydroxyl groups excluding tert-OH is 1. The largest absolute Gasteiger partial charge is 0.444 e. The first-order chi connectivity index (χ1) is 33.6. The molecule has 0 aliphatic carbocycles. The van der Waals surface area contributed by atoms with Crippen molar-refractivity contribution in [3.05, 3.63) is 54.2 Å². The molecule has 0 radical (unpaired) electrons. The number of nitrogens with zero attached hydrogens (tertiary/aromatic N) is 1. The highest BCUT2D eigenvalue weighted by atomic mass is 16.6. The Morgan fingerprint density at radius 2 is 1.31 bits per heavy atom. The number of imidazole rings is 1. The van der Waals surface area contributed by atoms with Crippen LogP contribution in [0.15, 0.2) is 43.0 Å². The Morgan fingerprint density at radius 3 is 1.89 bits per heavy atom. The van der Waals surface area contributed by atoms with Crippen molar-refractivity contribution in [2.24, 2.45) is 23.3 Å². The molecule has 396 valence electrons. The van der Waals surface area contributed by atoms with Gasteiger partial charge in [0, 0.05) is 48.3 Å². The van der Waals surface area contributed by atoms with E-state index in [1.165, 1.54) is 26.4 Å². The van der Waals surface area contributed by atoms with Gasteiger partial charge in [-0.05, 0) is 70.9 Å². The van der Waals surface area contributed by atoms with Crippen LogP contribution in [0.2, 0.25) is 0 Å². The smallest absolute Gasteiger partial charge is 0.408 e. The summed E-state index contributed by atoms with van der Waals surface area (Å²) >= 11 is 0. The van der Waals surface area contributed by atoms with Crippen LogP contribution >= 0.6 is 0 Å². The average Bonchev–Trinajstić information content (AvgIpc) is 3.96. The third-order valence-corrected chi connectivity index (χ3v) is 10.9. The molecule has 3 aromatic rings. The number of hydrogen-bond acceptors (Lipinski definition) is 13. The molecule has 0 saturated heterocycles. The van der Waals surface area contributed by atoms with Crippen molar-refractivity contribution in [2.45, 2.75) is 148 Å². The molecule has 3 rings (SSSR count). The van der Waals surface area contributed by atoms with E-state index in [1.54, 1.807) is 65.1 Å². The fourth-order valence-corrected chi connectivity index (χ4v) is 7.19. The van der Waals surface area contributed by atoms with Crippen molar-refractivity contribution in [2.75, 3.05) is 6.54 Å². The Kier molecular flexibility index (Phi) is 22.1. The molecule has 0 fully saturated rings. The van der Waals surface area contributed by atoms with Crippen LogP contribution in [0.3, 0.4) is 0 Å². The van der Waals surface area contributed by atoms with Gasteiger partial charge in [0.25, 0.3) is 0 Å². The first-order valence-electron chi connectivity index (χ1n) is 23.5. The molecule has 0 aliphatic heterocycles. The molecule has 2 aromatic heterocycles. The molecule has 2 heterocycles. The van der Waals surface area contributed by atoms with Crippen LogP contribution in [0.25, 0.3) is 10.9 Å². The number of nitrogens with two attached hydrogens (primary N) is 2. The number of carbonyl (C=O) groups excluding carboxylic acids is 10. The van der Waals surface area contributed by atoms with Gasteiger partial charge in [-0.3, -0.25) is 43.2 Å². The molecular weight excluding hydrogens is 939 g/mol. The number of benzene rings is 1. The minimum atomic E-state index is -1.62. The lowest BCUT2D eigenvalue weighted by atomic mass is 10.0.